The maximum absolute atomic E-state index is 4.53. The summed E-state index contributed by atoms with van der Waals surface area (Å²) in [6, 6.07) is 4.32. The number of likely N-dealkylation sites (N-methyl/N-ethyl adjacent to an activating group) is 2. The number of anilines is 1. The van der Waals surface area contributed by atoms with Gasteiger partial charge in [0.1, 0.15) is 5.82 Å². The number of hydrogen-bond acceptors (Lipinski definition) is 3. The van der Waals surface area contributed by atoms with E-state index in [4.69, 9.17) is 0 Å². The standard InChI is InChI=1S/C14H25N3/c1-6-12(2)13-7-8-14(15-11-13)17(5)10-9-16(3)4/h7-8,11-12H,6,9-10H2,1-5H3/t12-/m0/s1. The van der Waals surface area contributed by atoms with Gasteiger partial charge in [0.2, 0.25) is 0 Å². The molecule has 0 aliphatic rings. The van der Waals surface area contributed by atoms with Crippen LogP contribution in [0.2, 0.25) is 0 Å². The second-order valence-electron chi connectivity index (χ2n) is 4.98. The Hall–Kier alpha value is -1.09. The summed E-state index contributed by atoms with van der Waals surface area (Å²) in [6.07, 6.45) is 3.17. The molecule has 0 aliphatic heterocycles. The molecular formula is C14H25N3. The third-order valence-corrected chi connectivity index (χ3v) is 3.23. The lowest BCUT2D eigenvalue weighted by atomic mass is 10.0. The molecule has 3 nitrogen and oxygen atoms in total. The summed E-state index contributed by atoms with van der Waals surface area (Å²) in [5.41, 5.74) is 1.33. The Labute approximate surface area is 105 Å². The number of rotatable bonds is 6. The van der Waals surface area contributed by atoms with Gasteiger partial charge in [0.05, 0.1) is 0 Å². The number of nitrogens with zero attached hydrogens (tertiary/aromatic N) is 3. The monoisotopic (exact) mass is 235 g/mol. The quantitative estimate of drug-likeness (QED) is 0.755. The molecule has 0 bridgehead atoms. The molecule has 0 saturated carbocycles. The lowest BCUT2D eigenvalue weighted by molar-refractivity contribution is 0.416. The van der Waals surface area contributed by atoms with Crippen LogP contribution >= 0.6 is 0 Å². The SMILES string of the molecule is CC[C@H](C)c1ccc(N(C)CCN(C)C)nc1. The van der Waals surface area contributed by atoms with Gasteiger partial charge in [0.15, 0.2) is 0 Å². The summed E-state index contributed by atoms with van der Waals surface area (Å²) in [7, 11) is 6.27. The Balaban J connectivity index is 2.60. The van der Waals surface area contributed by atoms with Gasteiger partial charge in [-0.25, -0.2) is 4.98 Å². The van der Waals surface area contributed by atoms with E-state index in [1.165, 1.54) is 5.56 Å². The predicted octanol–water partition coefficient (Wildman–Crippen LogP) is 2.59. The lowest BCUT2D eigenvalue weighted by Gasteiger charge is -2.21. The highest BCUT2D eigenvalue weighted by Crippen LogP contribution is 2.19. The van der Waals surface area contributed by atoms with Gasteiger partial charge in [0.25, 0.3) is 0 Å². The first-order valence-electron chi connectivity index (χ1n) is 6.36. The normalized spacial score (nSPS) is 12.8. The van der Waals surface area contributed by atoms with Crippen LogP contribution in [0, 0.1) is 0 Å². The lowest BCUT2D eigenvalue weighted by Crippen LogP contribution is -2.28. The molecule has 3 heteroatoms. The molecule has 1 heterocycles. The van der Waals surface area contributed by atoms with Crippen LogP contribution in [0.1, 0.15) is 31.7 Å². The highest BCUT2D eigenvalue weighted by atomic mass is 15.2. The van der Waals surface area contributed by atoms with Crippen LogP contribution in [0.3, 0.4) is 0 Å². The van der Waals surface area contributed by atoms with Crippen molar-refractivity contribution >= 4 is 5.82 Å². The molecule has 1 aromatic heterocycles. The van der Waals surface area contributed by atoms with Gasteiger partial charge in [-0.1, -0.05) is 19.9 Å². The van der Waals surface area contributed by atoms with Crippen molar-refractivity contribution in [3.8, 4) is 0 Å². The fourth-order valence-electron chi connectivity index (χ4n) is 1.62. The van der Waals surface area contributed by atoms with Gasteiger partial charge >= 0.3 is 0 Å². The first-order valence-corrected chi connectivity index (χ1v) is 6.36. The number of pyridine rings is 1. The van der Waals surface area contributed by atoms with Crippen molar-refractivity contribution in [3.63, 3.8) is 0 Å². The molecule has 0 saturated heterocycles. The second-order valence-corrected chi connectivity index (χ2v) is 4.98. The van der Waals surface area contributed by atoms with E-state index in [-0.39, 0.29) is 0 Å². The molecule has 17 heavy (non-hydrogen) atoms. The van der Waals surface area contributed by atoms with Crippen molar-refractivity contribution in [3.05, 3.63) is 23.9 Å². The van der Waals surface area contributed by atoms with Crippen molar-refractivity contribution < 1.29 is 0 Å². The van der Waals surface area contributed by atoms with Crippen LogP contribution in [0.25, 0.3) is 0 Å². The van der Waals surface area contributed by atoms with Crippen molar-refractivity contribution in [2.24, 2.45) is 0 Å². The Morgan fingerprint density at radius 3 is 2.35 bits per heavy atom. The minimum absolute atomic E-state index is 0.601. The summed E-state index contributed by atoms with van der Waals surface area (Å²) < 4.78 is 0. The zero-order valence-electron chi connectivity index (χ0n) is 11.8. The van der Waals surface area contributed by atoms with Crippen LogP contribution in [0.5, 0.6) is 0 Å². The van der Waals surface area contributed by atoms with E-state index in [1.807, 2.05) is 6.20 Å². The van der Waals surface area contributed by atoms with Crippen molar-refractivity contribution in [2.75, 3.05) is 39.1 Å². The molecule has 0 aromatic carbocycles. The third kappa shape index (κ3) is 4.35. The van der Waals surface area contributed by atoms with Crippen LogP contribution in [-0.2, 0) is 0 Å². The summed E-state index contributed by atoms with van der Waals surface area (Å²) in [6.45, 7) is 6.50. The zero-order valence-corrected chi connectivity index (χ0v) is 11.8. The summed E-state index contributed by atoms with van der Waals surface area (Å²) >= 11 is 0. The van der Waals surface area contributed by atoms with E-state index in [9.17, 15) is 0 Å². The topological polar surface area (TPSA) is 19.4 Å². The average Bonchev–Trinajstić information content (AvgIpc) is 2.35. The van der Waals surface area contributed by atoms with Gasteiger partial charge in [-0.05, 0) is 38.1 Å². The predicted molar refractivity (Wildman–Crippen MR) is 74.8 cm³/mol. The molecule has 1 aromatic rings. The molecule has 1 rings (SSSR count). The molecule has 0 spiro atoms. The Bertz CT molecular complexity index is 319. The zero-order chi connectivity index (χ0) is 12.8. The summed E-state index contributed by atoms with van der Waals surface area (Å²) in [4.78, 5) is 8.91. The van der Waals surface area contributed by atoms with E-state index >= 15 is 0 Å². The largest absolute Gasteiger partial charge is 0.358 e. The van der Waals surface area contributed by atoms with Gasteiger partial charge in [-0.3, -0.25) is 0 Å². The minimum Gasteiger partial charge on any atom is -0.358 e. The summed E-state index contributed by atoms with van der Waals surface area (Å²) in [5.74, 6) is 1.66. The fraction of sp³-hybridized carbons (Fsp3) is 0.643. The molecular weight excluding hydrogens is 210 g/mol. The Morgan fingerprint density at radius 1 is 1.18 bits per heavy atom. The smallest absolute Gasteiger partial charge is 0.128 e. The number of aromatic nitrogens is 1. The van der Waals surface area contributed by atoms with E-state index in [0.717, 1.165) is 25.3 Å². The molecule has 0 aliphatic carbocycles. The molecule has 96 valence electrons. The molecule has 0 radical (unpaired) electrons. The van der Waals surface area contributed by atoms with Crippen LogP contribution in [-0.4, -0.2) is 44.1 Å². The highest BCUT2D eigenvalue weighted by Gasteiger charge is 2.06. The average molecular weight is 235 g/mol. The van der Waals surface area contributed by atoms with E-state index in [1.54, 1.807) is 0 Å². The Kier molecular flexibility index (Phi) is 5.42. The van der Waals surface area contributed by atoms with Gasteiger partial charge in [-0.2, -0.15) is 0 Å². The van der Waals surface area contributed by atoms with Crippen molar-refractivity contribution in [1.29, 1.82) is 0 Å². The maximum Gasteiger partial charge on any atom is 0.128 e. The van der Waals surface area contributed by atoms with E-state index in [0.29, 0.717) is 5.92 Å². The van der Waals surface area contributed by atoms with Crippen LogP contribution < -0.4 is 4.90 Å². The van der Waals surface area contributed by atoms with Gasteiger partial charge in [-0.15, -0.1) is 0 Å². The highest BCUT2D eigenvalue weighted by molar-refractivity contribution is 5.38. The van der Waals surface area contributed by atoms with Gasteiger partial charge in [0, 0.05) is 26.3 Å². The summed E-state index contributed by atoms with van der Waals surface area (Å²) in [5, 5.41) is 0. The molecule has 0 fully saturated rings. The Morgan fingerprint density at radius 2 is 1.88 bits per heavy atom. The van der Waals surface area contributed by atoms with E-state index < -0.39 is 0 Å². The van der Waals surface area contributed by atoms with Gasteiger partial charge < -0.3 is 9.80 Å². The van der Waals surface area contributed by atoms with Crippen molar-refractivity contribution in [2.45, 2.75) is 26.2 Å². The second kappa shape index (κ2) is 6.60. The van der Waals surface area contributed by atoms with E-state index in [2.05, 4.69) is 61.9 Å². The minimum atomic E-state index is 0.601. The first-order chi connectivity index (χ1) is 8.04. The fourth-order valence-corrected chi connectivity index (χ4v) is 1.62. The first kappa shape index (κ1) is 14.0. The molecule has 0 unspecified atom stereocenters. The van der Waals surface area contributed by atoms with Crippen LogP contribution in [0.4, 0.5) is 5.82 Å². The maximum atomic E-state index is 4.53. The molecule has 0 amide bonds. The van der Waals surface area contributed by atoms with Crippen LogP contribution in [0.15, 0.2) is 18.3 Å². The van der Waals surface area contributed by atoms with Crippen molar-refractivity contribution in [1.82, 2.24) is 9.88 Å². The molecule has 1 atom stereocenters. The molecule has 0 N–H and O–H groups in total. The number of hydrogen-bond donors (Lipinski definition) is 0. The third-order valence-electron chi connectivity index (χ3n) is 3.23.